The standard InChI is InChI=1S/2C13H9.2C4H10N.2C2H7Si.2ClH.2Hf/c2*1-3-7-12-10(5-1)9-11-6-2-4-8-13(11)12;2*1-3-4(2)5;2*1-3-2;;;;/h2*1-5,7-8H,9H2;2*4-5H,3H2,1-2H3;2*3H,1-2H3;2*1H;;/q4*-1;;;;;;/p-2. The van der Waals surface area contributed by atoms with Crippen molar-refractivity contribution in [1.29, 1.82) is 0 Å². The normalized spacial score (nSPS) is 11.0. The first-order valence-electron chi connectivity index (χ1n) is 15.3. The molecule has 2 aliphatic rings. The van der Waals surface area contributed by atoms with Crippen molar-refractivity contribution in [3.63, 3.8) is 0 Å². The Balaban J connectivity index is -0.000000251. The van der Waals surface area contributed by atoms with Crippen LogP contribution in [0, 0.1) is 12.1 Å². The minimum absolute atomic E-state index is 0. The van der Waals surface area contributed by atoms with Gasteiger partial charge in [0.1, 0.15) is 0 Å². The third kappa shape index (κ3) is 19.5. The van der Waals surface area contributed by atoms with E-state index in [1.54, 1.807) is 0 Å². The van der Waals surface area contributed by atoms with Gasteiger partial charge in [-0.3, -0.25) is 0 Å². The number of nitrogens with one attached hydrogen (secondary N) is 2. The summed E-state index contributed by atoms with van der Waals surface area (Å²) in [5, 5.41) is 0. The van der Waals surface area contributed by atoms with E-state index >= 15 is 0 Å². The monoisotopic (exact) mass is 1020 g/mol. The first-order valence-corrected chi connectivity index (χ1v) is 19.9. The summed E-state index contributed by atoms with van der Waals surface area (Å²) in [5.74, 6) is 0. The van der Waals surface area contributed by atoms with Crippen LogP contribution in [0.2, 0.25) is 26.2 Å². The summed E-state index contributed by atoms with van der Waals surface area (Å²) in [6, 6.07) is 36.5. The maximum Gasteiger partial charge on any atom is 0.0213 e. The van der Waals surface area contributed by atoms with Gasteiger partial charge in [-0.25, -0.2) is 0 Å². The number of hydrogen-bond donors (Lipinski definition) is 0. The summed E-state index contributed by atoms with van der Waals surface area (Å²) in [6.45, 7) is 16.6. The maximum absolute atomic E-state index is 6.83. The van der Waals surface area contributed by atoms with Crippen molar-refractivity contribution in [3.05, 3.63) is 131 Å². The van der Waals surface area contributed by atoms with Gasteiger partial charge >= 0.3 is 0 Å². The molecule has 2 unspecified atom stereocenters. The summed E-state index contributed by atoms with van der Waals surface area (Å²) in [7, 11) is 1.50. The molecule has 4 aromatic rings. The third-order valence-electron chi connectivity index (χ3n) is 6.46. The Morgan fingerprint density at radius 2 is 0.826 bits per heavy atom. The first kappa shape index (κ1) is 52.4. The van der Waals surface area contributed by atoms with E-state index in [0.29, 0.717) is 0 Å². The average Bonchev–Trinajstić information content (AvgIpc) is 3.57. The second-order valence-corrected chi connectivity index (χ2v) is 12.9. The van der Waals surface area contributed by atoms with Gasteiger partial charge in [-0.1, -0.05) is 138 Å². The van der Waals surface area contributed by atoms with E-state index in [-0.39, 0.29) is 88.6 Å². The fourth-order valence-electron chi connectivity index (χ4n) is 4.00. The van der Waals surface area contributed by atoms with E-state index in [4.69, 9.17) is 11.5 Å². The van der Waals surface area contributed by atoms with Gasteiger partial charge < -0.3 is 36.3 Å². The zero-order chi connectivity index (χ0) is 31.3. The molecule has 250 valence electrons. The summed E-state index contributed by atoms with van der Waals surface area (Å²) in [5.41, 5.74) is 24.7. The van der Waals surface area contributed by atoms with E-state index in [9.17, 15) is 0 Å². The minimum Gasteiger partial charge on any atom is -1.00 e. The molecule has 2 atom stereocenters. The molecule has 2 radical (unpaired) electrons. The van der Waals surface area contributed by atoms with Crippen molar-refractivity contribution in [3.8, 4) is 22.3 Å². The molecule has 0 bridgehead atoms. The molecular formula is C38H52Cl2Hf2N2Si2-6. The van der Waals surface area contributed by atoms with Crippen LogP contribution in [0.4, 0.5) is 0 Å². The van der Waals surface area contributed by atoms with Crippen molar-refractivity contribution in [2.24, 2.45) is 0 Å². The SMILES string of the molecule is CCC(C)[NH-].CCC(C)[NH-].C[SiH]C.C[SiH]C.[Cl-].[Cl-].[Hf].[Hf].[c-]1cccc2c1Cc1ccccc1-2.[c-]1cccc2c1Cc1ccccc1-2. The Kier molecular flexibility index (Phi) is 36.2. The predicted octanol–water partition coefficient (Wildman–Crippen LogP) is 4.83. The number of halogens is 2. The van der Waals surface area contributed by atoms with Gasteiger partial charge in [-0.2, -0.15) is 59.7 Å². The molecule has 0 amide bonds. The van der Waals surface area contributed by atoms with Gasteiger partial charge in [-0.15, -0.1) is 23.2 Å². The van der Waals surface area contributed by atoms with E-state index in [2.05, 4.69) is 111 Å². The molecule has 0 spiro atoms. The predicted molar refractivity (Wildman–Crippen MR) is 193 cm³/mol. The fourth-order valence-corrected chi connectivity index (χ4v) is 4.00. The first-order chi connectivity index (χ1) is 20.3. The molecule has 6 rings (SSSR count). The van der Waals surface area contributed by atoms with Crippen LogP contribution in [0.5, 0.6) is 0 Å². The molecule has 0 heterocycles. The zero-order valence-corrected chi connectivity index (χ0v) is 40.0. The molecule has 2 N–H and O–H groups in total. The van der Waals surface area contributed by atoms with Gasteiger partial charge in [0.2, 0.25) is 0 Å². The molecule has 4 aromatic carbocycles. The van der Waals surface area contributed by atoms with Crippen molar-refractivity contribution in [2.45, 2.75) is 91.6 Å². The van der Waals surface area contributed by atoms with Gasteiger partial charge in [-0.05, 0) is 12.8 Å². The van der Waals surface area contributed by atoms with Crippen LogP contribution in [0.3, 0.4) is 0 Å². The molecule has 0 aromatic heterocycles. The van der Waals surface area contributed by atoms with E-state index in [1.807, 2.05) is 39.8 Å². The molecule has 0 saturated heterocycles. The number of benzene rings is 4. The molecule has 2 nitrogen and oxygen atoms in total. The van der Waals surface area contributed by atoms with Crippen LogP contribution < -0.4 is 24.8 Å². The van der Waals surface area contributed by atoms with Crippen LogP contribution >= 0.6 is 0 Å². The molecule has 8 heteroatoms. The van der Waals surface area contributed by atoms with Crippen LogP contribution in [0.15, 0.2) is 84.9 Å². The maximum atomic E-state index is 6.83. The van der Waals surface area contributed by atoms with Gasteiger partial charge in [0, 0.05) is 70.7 Å². The van der Waals surface area contributed by atoms with Gasteiger partial charge in [0.15, 0.2) is 0 Å². The summed E-state index contributed by atoms with van der Waals surface area (Å²) >= 11 is 0. The molecule has 2 aliphatic carbocycles. The number of rotatable bonds is 2. The second kappa shape index (κ2) is 31.8. The number of hydrogen-bond acceptors (Lipinski definition) is 0. The van der Waals surface area contributed by atoms with E-state index < -0.39 is 0 Å². The Morgan fingerprint density at radius 3 is 1.11 bits per heavy atom. The molecule has 46 heavy (non-hydrogen) atoms. The van der Waals surface area contributed by atoms with E-state index in [1.165, 1.54) is 44.5 Å². The molecular weight excluding hydrogens is 968 g/mol. The average molecular weight is 1020 g/mol. The van der Waals surface area contributed by atoms with Crippen LogP contribution in [-0.2, 0) is 64.5 Å². The quantitative estimate of drug-likeness (QED) is 0.177. The van der Waals surface area contributed by atoms with Gasteiger partial charge in [0.05, 0.1) is 0 Å². The van der Waals surface area contributed by atoms with Crippen molar-refractivity contribution < 1.29 is 76.5 Å². The second-order valence-electron chi connectivity index (χ2n) is 10.6. The van der Waals surface area contributed by atoms with Crippen molar-refractivity contribution in [1.82, 2.24) is 0 Å². The fraction of sp³-hybridized carbons (Fsp3) is 0.368. The Hall–Kier alpha value is -0.446. The summed E-state index contributed by atoms with van der Waals surface area (Å²) in [6.07, 6.45) is 4.04. The van der Waals surface area contributed by atoms with Crippen molar-refractivity contribution in [2.75, 3.05) is 0 Å². The minimum atomic E-state index is 0. The van der Waals surface area contributed by atoms with Crippen LogP contribution in [0.25, 0.3) is 33.7 Å². The zero-order valence-electron chi connectivity index (χ0n) is 29.0. The van der Waals surface area contributed by atoms with Crippen LogP contribution in [0.1, 0.15) is 62.8 Å². The Bertz CT molecular complexity index is 1100. The smallest absolute Gasteiger partial charge is 0.0213 e. The van der Waals surface area contributed by atoms with Crippen LogP contribution in [-0.4, -0.2) is 31.1 Å². The summed E-state index contributed by atoms with van der Waals surface area (Å²) in [4.78, 5) is 0. The molecule has 0 saturated carbocycles. The molecule has 0 fully saturated rings. The van der Waals surface area contributed by atoms with Crippen molar-refractivity contribution >= 4 is 19.0 Å². The molecule has 0 aliphatic heterocycles. The topological polar surface area (TPSA) is 47.6 Å². The summed E-state index contributed by atoms with van der Waals surface area (Å²) < 4.78 is 0. The Morgan fingerprint density at radius 1 is 0.565 bits per heavy atom. The Labute approximate surface area is 337 Å². The largest absolute Gasteiger partial charge is 1.00 e. The van der Waals surface area contributed by atoms with Gasteiger partial charge in [0.25, 0.3) is 0 Å². The third-order valence-corrected chi connectivity index (χ3v) is 6.46. The van der Waals surface area contributed by atoms with E-state index in [0.717, 1.165) is 44.7 Å². The number of fused-ring (bicyclic) bond motifs is 6.